The van der Waals surface area contributed by atoms with Crippen LogP contribution in [0.25, 0.3) is 0 Å². The number of rotatable bonds is 4. The summed E-state index contributed by atoms with van der Waals surface area (Å²) in [6.07, 6.45) is 2.47. The molecule has 3 aliphatic rings. The van der Waals surface area contributed by atoms with Crippen LogP contribution in [0, 0.1) is 5.92 Å². The molecule has 0 saturated carbocycles. The first-order valence-corrected chi connectivity index (χ1v) is 7.31. The molecule has 1 unspecified atom stereocenters. The Morgan fingerprint density at radius 2 is 2.29 bits per heavy atom. The third-order valence-corrected chi connectivity index (χ3v) is 5.23. The fourth-order valence-corrected chi connectivity index (χ4v) is 3.93. The predicted molar refractivity (Wildman–Crippen MR) is 70.1 cm³/mol. The molecule has 94 valence electrons. The van der Waals surface area contributed by atoms with E-state index in [4.69, 9.17) is 0 Å². The fourth-order valence-electron chi connectivity index (χ4n) is 3.28. The molecule has 3 fully saturated rings. The van der Waals surface area contributed by atoms with E-state index in [0.717, 1.165) is 13.1 Å². The van der Waals surface area contributed by atoms with E-state index >= 15 is 0 Å². The van der Waals surface area contributed by atoms with Crippen molar-refractivity contribution < 1.29 is 5.11 Å². The van der Waals surface area contributed by atoms with Crippen molar-refractivity contribution >= 4 is 11.3 Å². The molecule has 3 saturated heterocycles. The highest BCUT2D eigenvalue weighted by atomic mass is 32.1. The zero-order valence-corrected chi connectivity index (χ0v) is 10.9. The predicted octanol–water partition coefficient (Wildman–Crippen LogP) is 1.29. The van der Waals surface area contributed by atoms with Gasteiger partial charge in [-0.25, -0.2) is 0 Å². The number of hydrogen-bond acceptors (Lipinski definition) is 4. The lowest BCUT2D eigenvalue weighted by Crippen LogP contribution is -2.67. The van der Waals surface area contributed by atoms with E-state index in [-0.39, 0.29) is 12.1 Å². The molecule has 17 heavy (non-hydrogen) atoms. The Kier molecular flexibility index (Phi) is 3.21. The minimum atomic E-state index is -0.0551. The van der Waals surface area contributed by atoms with E-state index in [1.165, 1.54) is 30.8 Å². The lowest BCUT2D eigenvalue weighted by atomic mass is 9.73. The van der Waals surface area contributed by atoms with Crippen molar-refractivity contribution in [3.63, 3.8) is 0 Å². The van der Waals surface area contributed by atoms with Crippen molar-refractivity contribution in [2.24, 2.45) is 5.92 Å². The van der Waals surface area contributed by atoms with Gasteiger partial charge in [0.2, 0.25) is 0 Å². The minimum absolute atomic E-state index is 0.0551. The van der Waals surface area contributed by atoms with Gasteiger partial charge in [-0.1, -0.05) is 6.07 Å². The van der Waals surface area contributed by atoms with E-state index in [1.54, 1.807) is 11.3 Å². The maximum absolute atomic E-state index is 9.81. The average molecular weight is 252 g/mol. The number of hydrogen-bond donors (Lipinski definition) is 2. The van der Waals surface area contributed by atoms with Crippen LogP contribution in [0.5, 0.6) is 0 Å². The van der Waals surface area contributed by atoms with Crippen LogP contribution >= 0.6 is 11.3 Å². The van der Waals surface area contributed by atoms with Crippen molar-refractivity contribution in [2.45, 2.75) is 24.9 Å². The number of aliphatic hydroxyl groups excluding tert-OH is 1. The molecule has 1 aromatic rings. The van der Waals surface area contributed by atoms with Gasteiger partial charge in [0.05, 0.1) is 12.1 Å². The molecule has 2 N–H and O–H groups in total. The molecule has 0 aromatic carbocycles. The number of piperidine rings is 3. The molecule has 1 atom stereocenters. The van der Waals surface area contributed by atoms with Crippen LogP contribution in [0.1, 0.15) is 17.7 Å². The summed E-state index contributed by atoms with van der Waals surface area (Å²) >= 11 is 1.78. The van der Waals surface area contributed by atoms with E-state index in [0.29, 0.717) is 5.92 Å². The number of fused-ring (bicyclic) bond motifs is 3. The van der Waals surface area contributed by atoms with Crippen LogP contribution in [-0.4, -0.2) is 41.8 Å². The van der Waals surface area contributed by atoms with Gasteiger partial charge in [0.1, 0.15) is 0 Å². The molecule has 1 aromatic heterocycles. The minimum Gasteiger partial charge on any atom is -0.394 e. The lowest BCUT2D eigenvalue weighted by Gasteiger charge is -2.53. The zero-order valence-electron chi connectivity index (χ0n) is 10.1. The molecule has 2 bridgehead atoms. The highest BCUT2D eigenvalue weighted by Crippen LogP contribution is 2.35. The monoisotopic (exact) mass is 252 g/mol. The Morgan fingerprint density at radius 1 is 1.47 bits per heavy atom. The zero-order chi connectivity index (χ0) is 11.7. The summed E-state index contributed by atoms with van der Waals surface area (Å²) in [4.78, 5) is 3.84. The first-order valence-electron chi connectivity index (χ1n) is 6.43. The molecule has 0 radical (unpaired) electrons. The molecule has 4 heteroatoms. The first-order chi connectivity index (χ1) is 8.32. The van der Waals surface area contributed by atoms with Gasteiger partial charge in [0.25, 0.3) is 0 Å². The third-order valence-electron chi connectivity index (χ3n) is 4.35. The maximum atomic E-state index is 9.81. The van der Waals surface area contributed by atoms with Crippen LogP contribution in [0.3, 0.4) is 0 Å². The molecular formula is C13H20N2OS. The molecule has 0 spiro atoms. The van der Waals surface area contributed by atoms with E-state index in [9.17, 15) is 5.11 Å². The van der Waals surface area contributed by atoms with Crippen molar-refractivity contribution in [1.82, 2.24) is 10.2 Å². The van der Waals surface area contributed by atoms with Crippen LogP contribution in [0.4, 0.5) is 0 Å². The summed E-state index contributed by atoms with van der Waals surface area (Å²) in [5.74, 6) is 0.650. The number of aliphatic hydroxyl groups is 1. The van der Waals surface area contributed by atoms with Crippen LogP contribution < -0.4 is 5.32 Å². The van der Waals surface area contributed by atoms with Crippen molar-refractivity contribution in [3.05, 3.63) is 22.4 Å². The lowest BCUT2D eigenvalue weighted by molar-refractivity contribution is -0.0261. The number of thiophene rings is 1. The third kappa shape index (κ3) is 2.15. The van der Waals surface area contributed by atoms with Crippen molar-refractivity contribution in [3.8, 4) is 0 Å². The highest BCUT2D eigenvalue weighted by molar-refractivity contribution is 7.09. The normalized spacial score (nSPS) is 36.3. The molecule has 3 aliphatic heterocycles. The van der Waals surface area contributed by atoms with Gasteiger partial charge in [-0.2, -0.15) is 0 Å². The average Bonchev–Trinajstić information content (AvgIpc) is 2.91. The van der Waals surface area contributed by atoms with E-state index < -0.39 is 0 Å². The van der Waals surface area contributed by atoms with Crippen molar-refractivity contribution in [2.75, 3.05) is 26.2 Å². The first kappa shape index (κ1) is 11.7. The maximum Gasteiger partial charge on any atom is 0.0628 e. The smallest absolute Gasteiger partial charge is 0.0628 e. The topological polar surface area (TPSA) is 35.5 Å². The second kappa shape index (κ2) is 4.69. The molecule has 4 heterocycles. The fraction of sp³-hybridized carbons (Fsp3) is 0.692. The largest absolute Gasteiger partial charge is 0.394 e. The Labute approximate surface area is 106 Å². The van der Waals surface area contributed by atoms with Gasteiger partial charge in [0.15, 0.2) is 0 Å². The van der Waals surface area contributed by atoms with Gasteiger partial charge < -0.3 is 15.3 Å². The van der Waals surface area contributed by atoms with Crippen LogP contribution in [-0.2, 0) is 6.54 Å². The Bertz CT molecular complexity index is 360. The Hall–Kier alpha value is -0.420. The Balaban J connectivity index is 1.69. The highest BCUT2D eigenvalue weighted by Gasteiger charge is 2.45. The van der Waals surface area contributed by atoms with Gasteiger partial charge in [-0.15, -0.1) is 11.3 Å². The Morgan fingerprint density at radius 3 is 2.82 bits per heavy atom. The van der Waals surface area contributed by atoms with E-state index in [2.05, 4.69) is 27.7 Å². The van der Waals surface area contributed by atoms with Crippen molar-refractivity contribution in [1.29, 1.82) is 0 Å². The summed E-state index contributed by atoms with van der Waals surface area (Å²) in [7, 11) is 0. The van der Waals surface area contributed by atoms with Gasteiger partial charge in [0, 0.05) is 18.0 Å². The van der Waals surface area contributed by atoms with E-state index in [1.807, 2.05) is 0 Å². The molecule has 0 amide bonds. The quantitative estimate of drug-likeness (QED) is 0.848. The summed E-state index contributed by atoms with van der Waals surface area (Å²) in [5.41, 5.74) is -0.0551. The summed E-state index contributed by atoms with van der Waals surface area (Å²) < 4.78 is 0. The number of nitrogens with zero attached hydrogens (tertiary/aromatic N) is 1. The molecule has 3 nitrogen and oxygen atoms in total. The molecular weight excluding hydrogens is 232 g/mol. The second-order valence-corrected chi connectivity index (χ2v) is 6.33. The van der Waals surface area contributed by atoms with Crippen LogP contribution in [0.15, 0.2) is 17.5 Å². The second-order valence-electron chi connectivity index (χ2n) is 5.30. The molecule has 0 aliphatic carbocycles. The molecule has 4 rings (SSSR count). The van der Waals surface area contributed by atoms with Gasteiger partial charge in [-0.05, 0) is 43.3 Å². The number of nitrogens with one attached hydrogen (secondary N) is 1. The van der Waals surface area contributed by atoms with Gasteiger partial charge in [-0.3, -0.25) is 0 Å². The summed E-state index contributed by atoms with van der Waals surface area (Å²) in [5, 5.41) is 15.6. The standard InChI is InChI=1S/C13H20N2OS/c16-10-13(14-8-12-2-1-7-17-12)9-15-5-3-11(13)4-6-15/h1-2,7,11,14,16H,3-6,8-10H2. The van der Waals surface area contributed by atoms with Gasteiger partial charge >= 0.3 is 0 Å². The van der Waals surface area contributed by atoms with Crippen LogP contribution in [0.2, 0.25) is 0 Å². The SMILES string of the molecule is OCC1(NCc2cccs2)CN2CCC1CC2. The summed E-state index contributed by atoms with van der Waals surface area (Å²) in [6, 6.07) is 4.24. The summed E-state index contributed by atoms with van der Waals surface area (Å²) in [6.45, 7) is 4.60.